The fraction of sp³-hybridized carbons (Fsp3) is 0.476. The Balaban J connectivity index is 2.36. The minimum absolute atomic E-state index is 0.0723. The lowest BCUT2D eigenvalue weighted by Gasteiger charge is -2.41. The van der Waals surface area contributed by atoms with Crippen molar-refractivity contribution in [3.8, 4) is 5.75 Å². The van der Waals surface area contributed by atoms with E-state index in [2.05, 4.69) is 0 Å². The third kappa shape index (κ3) is 4.59. The van der Waals surface area contributed by atoms with Gasteiger partial charge < -0.3 is 19.3 Å². The number of ketones is 1. The minimum Gasteiger partial charge on any atom is -0.497 e. The van der Waals surface area contributed by atoms with Gasteiger partial charge in [0.1, 0.15) is 11.5 Å². The molecule has 2 rings (SSSR count). The van der Waals surface area contributed by atoms with Crippen LogP contribution in [0, 0.1) is 11.8 Å². The van der Waals surface area contributed by atoms with Crippen molar-refractivity contribution in [2.24, 2.45) is 11.8 Å². The van der Waals surface area contributed by atoms with Crippen LogP contribution in [0.15, 0.2) is 30.3 Å². The van der Waals surface area contributed by atoms with Crippen molar-refractivity contribution < 1.29 is 33.7 Å². The molecular formula is C21H26O7. The fourth-order valence-electron chi connectivity index (χ4n) is 3.09. The van der Waals surface area contributed by atoms with E-state index in [1.54, 1.807) is 52.1 Å². The van der Waals surface area contributed by atoms with Crippen LogP contribution in [0.1, 0.15) is 32.8 Å². The summed E-state index contributed by atoms with van der Waals surface area (Å²) < 4.78 is 15.2. The highest BCUT2D eigenvalue weighted by atomic mass is 16.6. The van der Waals surface area contributed by atoms with Crippen LogP contribution in [0.2, 0.25) is 0 Å². The molecule has 1 aliphatic rings. The van der Waals surface area contributed by atoms with Gasteiger partial charge in [-0.2, -0.15) is 0 Å². The third-order valence-electron chi connectivity index (χ3n) is 4.55. The molecule has 0 spiro atoms. The first-order chi connectivity index (χ1) is 13.2. The maximum atomic E-state index is 12.7. The Morgan fingerprint density at radius 2 is 1.93 bits per heavy atom. The van der Waals surface area contributed by atoms with Crippen LogP contribution in [0.3, 0.4) is 0 Å². The summed E-state index contributed by atoms with van der Waals surface area (Å²) in [6.07, 6.45) is 2.16. The molecule has 7 nitrogen and oxygen atoms in total. The summed E-state index contributed by atoms with van der Waals surface area (Å²) in [5.74, 6) is -3.45. The number of hydrogen-bond acceptors (Lipinski definition) is 7. The molecule has 0 radical (unpaired) electrons. The van der Waals surface area contributed by atoms with E-state index in [1.165, 1.54) is 12.2 Å². The Labute approximate surface area is 164 Å². The van der Waals surface area contributed by atoms with E-state index in [1.807, 2.05) is 0 Å². The average molecular weight is 390 g/mol. The number of hydrogen-bond donors (Lipinski definition) is 1. The van der Waals surface area contributed by atoms with E-state index < -0.39 is 35.5 Å². The van der Waals surface area contributed by atoms with Crippen molar-refractivity contribution in [2.45, 2.75) is 38.9 Å². The second kappa shape index (κ2) is 9.01. The van der Waals surface area contributed by atoms with Crippen LogP contribution in [0.25, 0.3) is 6.08 Å². The molecule has 7 heteroatoms. The number of ether oxygens (including phenoxy) is 3. The van der Waals surface area contributed by atoms with Gasteiger partial charge in [0.2, 0.25) is 0 Å². The van der Waals surface area contributed by atoms with Crippen molar-refractivity contribution in [1.82, 2.24) is 0 Å². The Morgan fingerprint density at radius 1 is 1.29 bits per heavy atom. The van der Waals surface area contributed by atoms with Crippen molar-refractivity contribution in [3.63, 3.8) is 0 Å². The summed E-state index contributed by atoms with van der Waals surface area (Å²) in [6.45, 7) is 5.07. The average Bonchev–Trinajstić information content (AvgIpc) is 2.64. The minimum atomic E-state index is -2.27. The Hall–Kier alpha value is -2.67. The first-order valence-electron chi connectivity index (χ1n) is 9.19. The monoisotopic (exact) mass is 390 g/mol. The van der Waals surface area contributed by atoms with Crippen LogP contribution >= 0.6 is 0 Å². The van der Waals surface area contributed by atoms with E-state index in [0.717, 1.165) is 0 Å². The molecular weight excluding hydrogens is 364 g/mol. The largest absolute Gasteiger partial charge is 0.497 e. The number of methoxy groups -OCH3 is 1. The van der Waals surface area contributed by atoms with E-state index >= 15 is 0 Å². The molecule has 0 bridgehead atoms. The van der Waals surface area contributed by atoms with E-state index in [9.17, 15) is 19.5 Å². The summed E-state index contributed by atoms with van der Waals surface area (Å²) in [5.41, 5.74) is -1.59. The molecule has 0 heterocycles. The first-order valence-corrected chi connectivity index (χ1v) is 9.19. The quantitative estimate of drug-likeness (QED) is 0.679. The molecule has 0 saturated heterocycles. The summed E-state index contributed by atoms with van der Waals surface area (Å²) in [7, 11) is 1.54. The lowest BCUT2D eigenvalue weighted by molar-refractivity contribution is -0.185. The summed E-state index contributed by atoms with van der Waals surface area (Å²) in [4.78, 5) is 37.1. The molecule has 1 saturated carbocycles. The van der Waals surface area contributed by atoms with Crippen LogP contribution in [-0.4, -0.2) is 48.3 Å². The molecule has 1 N–H and O–H groups in total. The zero-order valence-corrected chi connectivity index (χ0v) is 16.5. The van der Waals surface area contributed by atoms with Gasteiger partial charge >= 0.3 is 11.9 Å². The lowest BCUT2D eigenvalue weighted by atomic mass is 9.63. The van der Waals surface area contributed by atoms with Crippen molar-refractivity contribution in [2.75, 3.05) is 13.7 Å². The molecule has 28 heavy (non-hydrogen) atoms. The zero-order chi connectivity index (χ0) is 20.9. The first kappa shape index (κ1) is 21.6. The van der Waals surface area contributed by atoms with Gasteiger partial charge in [0, 0.05) is 6.42 Å². The number of esters is 2. The molecule has 1 fully saturated rings. The SMILES string of the molecule is CCOC(=O)[C@H]1CC(=O)[C@@H]1[C@](O)(/C=C/c1ccc(OC)cc1)C(=O)OC(C)C. The molecule has 1 aromatic rings. The predicted molar refractivity (Wildman–Crippen MR) is 101 cm³/mol. The number of aliphatic hydroxyl groups is 1. The van der Waals surface area contributed by atoms with Crippen molar-refractivity contribution >= 4 is 23.8 Å². The molecule has 0 unspecified atom stereocenters. The predicted octanol–water partition coefficient (Wildman–Crippen LogP) is 2.16. The van der Waals surface area contributed by atoms with Gasteiger partial charge in [0.15, 0.2) is 5.60 Å². The number of carbonyl (C=O) groups excluding carboxylic acids is 3. The van der Waals surface area contributed by atoms with Crippen molar-refractivity contribution in [3.05, 3.63) is 35.9 Å². The van der Waals surface area contributed by atoms with Gasteiger partial charge in [-0.3, -0.25) is 9.59 Å². The lowest BCUT2D eigenvalue weighted by Crippen LogP contribution is -2.59. The Kier molecular flexibility index (Phi) is 6.96. The number of Topliss-reactive ketones (excluding diaryl/α,β-unsaturated/α-hetero) is 1. The fourth-order valence-corrected chi connectivity index (χ4v) is 3.09. The van der Waals surface area contributed by atoms with Crippen LogP contribution in [0.5, 0.6) is 5.75 Å². The van der Waals surface area contributed by atoms with Gasteiger partial charge in [0.05, 0.1) is 31.7 Å². The highest BCUT2D eigenvalue weighted by Crippen LogP contribution is 2.41. The Bertz CT molecular complexity index is 751. The third-order valence-corrected chi connectivity index (χ3v) is 4.55. The molecule has 152 valence electrons. The van der Waals surface area contributed by atoms with Gasteiger partial charge in [-0.1, -0.05) is 18.2 Å². The van der Waals surface area contributed by atoms with E-state index in [-0.39, 0.29) is 18.8 Å². The standard InChI is InChI=1S/C21H26O7/c1-5-27-19(23)16-12-17(22)18(16)21(25,20(24)28-13(2)3)11-10-14-6-8-15(26-4)9-7-14/h6-11,13,16,18,25H,5,12H2,1-4H3/b11-10+/t16-,18+,21+/m0/s1. The van der Waals surface area contributed by atoms with Crippen LogP contribution < -0.4 is 4.74 Å². The summed E-state index contributed by atoms with van der Waals surface area (Å²) in [6, 6.07) is 6.91. The molecule has 0 aromatic heterocycles. The number of carbonyl (C=O) groups is 3. The van der Waals surface area contributed by atoms with E-state index in [4.69, 9.17) is 14.2 Å². The highest BCUT2D eigenvalue weighted by molar-refractivity contribution is 6.02. The summed E-state index contributed by atoms with van der Waals surface area (Å²) in [5, 5.41) is 11.2. The zero-order valence-electron chi connectivity index (χ0n) is 16.5. The van der Waals surface area contributed by atoms with Gasteiger partial charge in [-0.15, -0.1) is 0 Å². The Morgan fingerprint density at radius 3 is 2.43 bits per heavy atom. The molecule has 0 amide bonds. The topological polar surface area (TPSA) is 99.1 Å². The maximum absolute atomic E-state index is 12.7. The van der Waals surface area contributed by atoms with Crippen LogP contribution in [-0.2, 0) is 23.9 Å². The van der Waals surface area contributed by atoms with Gasteiger partial charge in [0.25, 0.3) is 0 Å². The molecule has 0 aliphatic heterocycles. The number of benzene rings is 1. The second-order valence-corrected chi connectivity index (χ2v) is 6.89. The van der Waals surface area contributed by atoms with Crippen molar-refractivity contribution in [1.29, 1.82) is 0 Å². The molecule has 1 aromatic carbocycles. The number of rotatable bonds is 8. The van der Waals surface area contributed by atoms with Gasteiger partial charge in [-0.25, -0.2) is 4.79 Å². The normalized spacial score (nSPS) is 21.1. The maximum Gasteiger partial charge on any atom is 0.343 e. The molecule has 1 aliphatic carbocycles. The smallest absolute Gasteiger partial charge is 0.343 e. The highest BCUT2D eigenvalue weighted by Gasteiger charge is 2.59. The van der Waals surface area contributed by atoms with Crippen LogP contribution in [0.4, 0.5) is 0 Å². The van der Waals surface area contributed by atoms with E-state index in [0.29, 0.717) is 11.3 Å². The molecule has 3 atom stereocenters. The van der Waals surface area contributed by atoms with Gasteiger partial charge in [-0.05, 0) is 44.5 Å². The summed E-state index contributed by atoms with van der Waals surface area (Å²) >= 11 is 0. The second-order valence-electron chi connectivity index (χ2n) is 6.89.